The van der Waals surface area contributed by atoms with Crippen LogP contribution < -0.4 is 0 Å². The Bertz CT molecular complexity index is 630. The number of halogens is 1. The predicted octanol–water partition coefficient (Wildman–Crippen LogP) is 3.43. The monoisotopic (exact) mass is 278 g/mol. The van der Waals surface area contributed by atoms with Crippen molar-refractivity contribution in [3.8, 4) is 0 Å². The molecule has 1 saturated carbocycles. The van der Waals surface area contributed by atoms with Gasteiger partial charge in [0.15, 0.2) is 5.15 Å². The average Bonchev–Trinajstić information content (AvgIpc) is 3.06. The number of fused-ring (bicyclic) bond motifs is 1. The van der Waals surface area contributed by atoms with E-state index in [0.29, 0.717) is 16.6 Å². The van der Waals surface area contributed by atoms with Crippen LogP contribution in [0.25, 0.3) is 5.52 Å². The van der Waals surface area contributed by atoms with Gasteiger partial charge in [-0.2, -0.15) is 0 Å². The van der Waals surface area contributed by atoms with Gasteiger partial charge in [-0.25, -0.2) is 9.78 Å². The molecule has 5 heteroatoms. The largest absolute Gasteiger partial charge is 0.465 e. The molecular weight excluding hydrogens is 264 g/mol. The van der Waals surface area contributed by atoms with Crippen LogP contribution in [0.3, 0.4) is 0 Å². The lowest BCUT2D eigenvalue weighted by molar-refractivity contribution is 0.0600. The van der Waals surface area contributed by atoms with Crippen LogP contribution in [0.1, 0.15) is 47.8 Å². The van der Waals surface area contributed by atoms with Crippen LogP contribution in [0.15, 0.2) is 18.3 Å². The van der Waals surface area contributed by atoms with Gasteiger partial charge in [-0.05, 0) is 25.0 Å². The van der Waals surface area contributed by atoms with Crippen molar-refractivity contribution in [1.82, 2.24) is 9.38 Å². The minimum Gasteiger partial charge on any atom is -0.465 e. The number of esters is 1. The molecule has 19 heavy (non-hydrogen) atoms. The molecule has 3 rings (SSSR count). The van der Waals surface area contributed by atoms with E-state index in [1.807, 2.05) is 10.5 Å². The number of methoxy groups -OCH3 is 1. The first-order valence-corrected chi connectivity index (χ1v) is 6.84. The first kappa shape index (κ1) is 12.5. The summed E-state index contributed by atoms with van der Waals surface area (Å²) in [6.45, 7) is 0. The van der Waals surface area contributed by atoms with Gasteiger partial charge in [0.1, 0.15) is 5.82 Å². The highest BCUT2D eigenvalue weighted by atomic mass is 35.5. The van der Waals surface area contributed by atoms with Crippen LogP contribution in [-0.2, 0) is 4.74 Å². The Labute approximate surface area is 116 Å². The van der Waals surface area contributed by atoms with E-state index in [9.17, 15) is 4.79 Å². The summed E-state index contributed by atoms with van der Waals surface area (Å²) in [6, 6.07) is 3.53. The molecular formula is C14H15ClN2O2. The quantitative estimate of drug-likeness (QED) is 0.791. The molecule has 1 aliphatic carbocycles. The molecule has 0 bridgehead atoms. The third-order valence-corrected chi connectivity index (χ3v) is 4.04. The Kier molecular flexibility index (Phi) is 3.19. The van der Waals surface area contributed by atoms with Crippen molar-refractivity contribution in [2.24, 2.45) is 0 Å². The van der Waals surface area contributed by atoms with Crippen molar-refractivity contribution >= 4 is 23.1 Å². The van der Waals surface area contributed by atoms with Crippen molar-refractivity contribution in [2.75, 3.05) is 7.11 Å². The smallest absolute Gasteiger partial charge is 0.339 e. The lowest BCUT2D eigenvalue weighted by atomic mass is 10.1. The molecule has 0 aliphatic heterocycles. The molecule has 1 aliphatic rings. The lowest BCUT2D eigenvalue weighted by Crippen LogP contribution is -2.05. The first-order chi connectivity index (χ1) is 9.20. The Hall–Kier alpha value is -1.55. The Balaban J connectivity index is 2.13. The van der Waals surface area contributed by atoms with Crippen molar-refractivity contribution < 1.29 is 9.53 Å². The highest BCUT2D eigenvalue weighted by molar-refractivity contribution is 6.32. The van der Waals surface area contributed by atoms with Crippen molar-refractivity contribution in [3.63, 3.8) is 0 Å². The van der Waals surface area contributed by atoms with E-state index in [4.69, 9.17) is 16.3 Å². The van der Waals surface area contributed by atoms with E-state index >= 15 is 0 Å². The molecule has 2 aromatic rings. The van der Waals surface area contributed by atoms with Crippen molar-refractivity contribution in [3.05, 3.63) is 34.9 Å². The van der Waals surface area contributed by atoms with Crippen LogP contribution in [0.5, 0.6) is 0 Å². The third-order valence-electron chi connectivity index (χ3n) is 3.76. The minimum atomic E-state index is -0.343. The van der Waals surface area contributed by atoms with Gasteiger partial charge in [0, 0.05) is 12.1 Å². The highest BCUT2D eigenvalue weighted by Gasteiger charge is 2.23. The van der Waals surface area contributed by atoms with Gasteiger partial charge in [-0.15, -0.1) is 0 Å². The number of imidazole rings is 1. The number of ether oxygens (including phenoxy) is 1. The average molecular weight is 279 g/mol. The molecule has 2 heterocycles. The fraction of sp³-hybridized carbons (Fsp3) is 0.429. The Morgan fingerprint density at radius 3 is 2.84 bits per heavy atom. The lowest BCUT2D eigenvalue weighted by Gasteiger charge is -2.08. The summed E-state index contributed by atoms with van der Waals surface area (Å²) >= 11 is 6.17. The summed E-state index contributed by atoms with van der Waals surface area (Å²) < 4.78 is 6.69. The Morgan fingerprint density at radius 2 is 2.16 bits per heavy atom. The van der Waals surface area contributed by atoms with E-state index in [2.05, 4.69) is 4.98 Å². The molecule has 0 N–H and O–H groups in total. The summed E-state index contributed by atoms with van der Waals surface area (Å²) in [6.07, 6.45) is 6.51. The summed E-state index contributed by atoms with van der Waals surface area (Å²) in [5.41, 5.74) is 1.36. The van der Waals surface area contributed by atoms with Crippen molar-refractivity contribution in [2.45, 2.75) is 31.6 Å². The van der Waals surface area contributed by atoms with Gasteiger partial charge in [-0.3, -0.25) is 0 Å². The summed E-state index contributed by atoms with van der Waals surface area (Å²) in [5.74, 6) is 1.06. The second kappa shape index (κ2) is 4.85. The SMILES string of the molecule is COC(=O)c1ccc2c(Cl)nc(C3CCCC3)n2c1. The second-order valence-corrected chi connectivity index (χ2v) is 5.26. The van der Waals surface area contributed by atoms with Gasteiger partial charge >= 0.3 is 5.97 Å². The van der Waals surface area contributed by atoms with Crippen LogP contribution in [0.4, 0.5) is 0 Å². The molecule has 0 saturated heterocycles. The number of rotatable bonds is 2. The molecule has 1 fully saturated rings. The fourth-order valence-corrected chi connectivity index (χ4v) is 3.02. The highest BCUT2D eigenvalue weighted by Crippen LogP contribution is 2.35. The number of hydrogen-bond donors (Lipinski definition) is 0. The zero-order chi connectivity index (χ0) is 13.4. The number of pyridine rings is 1. The van der Waals surface area contributed by atoms with Gasteiger partial charge in [-0.1, -0.05) is 24.4 Å². The van der Waals surface area contributed by atoms with Crippen molar-refractivity contribution in [1.29, 1.82) is 0 Å². The molecule has 0 unspecified atom stereocenters. The van der Waals surface area contributed by atoms with Crippen LogP contribution >= 0.6 is 11.6 Å². The maximum Gasteiger partial charge on any atom is 0.339 e. The number of aromatic nitrogens is 2. The van der Waals surface area contributed by atoms with Gasteiger partial charge in [0.05, 0.1) is 18.2 Å². The van der Waals surface area contributed by atoms with E-state index in [1.165, 1.54) is 20.0 Å². The van der Waals surface area contributed by atoms with E-state index in [-0.39, 0.29) is 5.97 Å². The zero-order valence-electron chi connectivity index (χ0n) is 10.7. The van der Waals surface area contributed by atoms with Gasteiger partial charge in [0.2, 0.25) is 0 Å². The number of carbonyl (C=O) groups is 1. The molecule has 0 aromatic carbocycles. The molecule has 0 radical (unpaired) electrons. The third kappa shape index (κ3) is 2.10. The summed E-state index contributed by atoms with van der Waals surface area (Å²) in [7, 11) is 1.38. The molecule has 2 aromatic heterocycles. The summed E-state index contributed by atoms with van der Waals surface area (Å²) in [4.78, 5) is 16.1. The van der Waals surface area contributed by atoms with Crippen LogP contribution in [0.2, 0.25) is 5.15 Å². The molecule has 0 spiro atoms. The number of nitrogens with zero attached hydrogens (tertiary/aromatic N) is 2. The normalized spacial score (nSPS) is 16.1. The molecule has 100 valence electrons. The fourth-order valence-electron chi connectivity index (χ4n) is 2.78. The topological polar surface area (TPSA) is 43.6 Å². The predicted molar refractivity (Wildman–Crippen MR) is 72.8 cm³/mol. The molecule has 4 nitrogen and oxygen atoms in total. The number of carbonyl (C=O) groups excluding carboxylic acids is 1. The van der Waals surface area contributed by atoms with Crippen LogP contribution in [-0.4, -0.2) is 22.5 Å². The first-order valence-electron chi connectivity index (χ1n) is 6.46. The Morgan fingerprint density at radius 1 is 1.42 bits per heavy atom. The van der Waals surface area contributed by atoms with E-state index in [0.717, 1.165) is 24.2 Å². The summed E-state index contributed by atoms with van der Waals surface area (Å²) in [5, 5.41) is 0.498. The second-order valence-electron chi connectivity index (χ2n) is 4.91. The molecule has 0 atom stereocenters. The van der Waals surface area contributed by atoms with Crippen LogP contribution in [0, 0.1) is 0 Å². The van der Waals surface area contributed by atoms with E-state index < -0.39 is 0 Å². The standard InChI is InChI=1S/C14H15ClN2O2/c1-19-14(18)10-6-7-11-12(15)16-13(17(11)8-10)9-4-2-3-5-9/h6-9H,2-5H2,1H3. The van der Waals surface area contributed by atoms with Gasteiger partial charge < -0.3 is 9.14 Å². The number of hydrogen-bond acceptors (Lipinski definition) is 3. The van der Waals surface area contributed by atoms with Gasteiger partial charge in [0.25, 0.3) is 0 Å². The maximum absolute atomic E-state index is 11.6. The zero-order valence-corrected chi connectivity index (χ0v) is 11.5. The minimum absolute atomic E-state index is 0.343. The maximum atomic E-state index is 11.6. The molecule has 0 amide bonds. The van der Waals surface area contributed by atoms with E-state index in [1.54, 1.807) is 12.3 Å².